The molecule has 0 radical (unpaired) electrons. The summed E-state index contributed by atoms with van der Waals surface area (Å²) in [6, 6.07) is 13.4. The molecule has 0 atom stereocenters. The lowest BCUT2D eigenvalue weighted by Gasteiger charge is -2.24. The van der Waals surface area contributed by atoms with Crippen LogP contribution < -0.4 is 10.2 Å². The van der Waals surface area contributed by atoms with E-state index in [1.54, 1.807) is 42.6 Å². The molecule has 5 nitrogen and oxygen atoms in total. The molecule has 31 heavy (non-hydrogen) atoms. The summed E-state index contributed by atoms with van der Waals surface area (Å²) in [7, 11) is 0. The van der Waals surface area contributed by atoms with Crippen LogP contribution in [0.3, 0.4) is 0 Å². The highest BCUT2D eigenvalue weighted by Gasteiger charge is 2.39. The lowest BCUT2D eigenvalue weighted by atomic mass is 10.1. The van der Waals surface area contributed by atoms with Crippen LogP contribution in [0.15, 0.2) is 60.8 Å². The molecule has 0 fully saturated rings. The lowest BCUT2D eigenvalue weighted by Crippen LogP contribution is -2.32. The van der Waals surface area contributed by atoms with Gasteiger partial charge in [0.15, 0.2) is 0 Å². The molecule has 2 amide bonds. The number of benzene rings is 2. The number of anilines is 3. The molecule has 0 saturated heterocycles. The van der Waals surface area contributed by atoms with E-state index in [0.717, 1.165) is 0 Å². The van der Waals surface area contributed by atoms with Gasteiger partial charge in [-0.25, -0.2) is 4.98 Å². The SMILES string of the molecule is Cc1ccc(C(=O)N(c2ccc(Cl)cc2)c2ccc(Cl)cn2)c(NC(=O)C(F)(F)F)c1. The fourth-order valence-corrected chi connectivity index (χ4v) is 2.94. The Balaban J connectivity index is 2.10. The largest absolute Gasteiger partial charge is 0.471 e. The summed E-state index contributed by atoms with van der Waals surface area (Å²) in [6.07, 6.45) is -3.79. The van der Waals surface area contributed by atoms with Gasteiger partial charge >= 0.3 is 12.1 Å². The summed E-state index contributed by atoms with van der Waals surface area (Å²) >= 11 is 11.8. The second kappa shape index (κ2) is 8.95. The predicted molar refractivity (Wildman–Crippen MR) is 113 cm³/mol. The van der Waals surface area contributed by atoms with Gasteiger partial charge in [-0.15, -0.1) is 0 Å². The van der Waals surface area contributed by atoms with Gasteiger partial charge in [0.1, 0.15) is 5.82 Å². The molecular weight excluding hydrogens is 454 g/mol. The molecule has 0 spiro atoms. The average molecular weight is 468 g/mol. The third kappa shape index (κ3) is 5.34. The predicted octanol–water partition coefficient (Wildman–Crippen LogP) is 6.18. The van der Waals surface area contributed by atoms with E-state index >= 15 is 0 Å². The van der Waals surface area contributed by atoms with E-state index < -0.39 is 18.0 Å². The molecule has 3 aromatic rings. The van der Waals surface area contributed by atoms with Gasteiger partial charge in [0.05, 0.1) is 22.0 Å². The van der Waals surface area contributed by atoms with Gasteiger partial charge in [-0.2, -0.15) is 13.2 Å². The van der Waals surface area contributed by atoms with Crippen molar-refractivity contribution in [3.8, 4) is 0 Å². The Morgan fingerprint density at radius 3 is 2.19 bits per heavy atom. The van der Waals surface area contributed by atoms with Crippen LogP contribution in [0.5, 0.6) is 0 Å². The number of hydrogen-bond acceptors (Lipinski definition) is 3. The molecule has 1 N–H and O–H groups in total. The minimum atomic E-state index is -5.11. The third-order valence-electron chi connectivity index (χ3n) is 4.14. The van der Waals surface area contributed by atoms with Crippen LogP contribution in [0.2, 0.25) is 10.0 Å². The molecule has 10 heteroatoms. The van der Waals surface area contributed by atoms with E-state index in [0.29, 0.717) is 21.3 Å². The molecule has 0 bridgehead atoms. The topological polar surface area (TPSA) is 62.3 Å². The average Bonchev–Trinajstić information content (AvgIpc) is 2.70. The number of alkyl halides is 3. The molecule has 1 aromatic heterocycles. The number of carbonyl (C=O) groups excluding carboxylic acids is 2. The highest BCUT2D eigenvalue weighted by molar-refractivity contribution is 6.31. The van der Waals surface area contributed by atoms with Gasteiger partial charge in [-0.1, -0.05) is 29.3 Å². The molecule has 0 aliphatic heterocycles. The lowest BCUT2D eigenvalue weighted by molar-refractivity contribution is -0.167. The highest BCUT2D eigenvalue weighted by atomic mass is 35.5. The van der Waals surface area contributed by atoms with E-state index in [4.69, 9.17) is 23.2 Å². The Morgan fingerprint density at radius 1 is 0.968 bits per heavy atom. The summed E-state index contributed by atoms with van der Waals surface area (Å²) in [5.41, 5.74) is 0.477. The van der Waals surface area contributed by atoms with Gasteiger partial charge in [0.2, 0.25) is 0 Å². The van der Waals surface area contributed by atoms with Gasteiger partial charge in [-0.05, 0) is 61.0 Å². The minimum Gasteiger partial charge on any atom is -0.317 e. The zero-order valence-corrected chi connectivity index (χ0v) is 17.4. The third-order valence-corrected chi connectivity index (χ3v) is 4.62. The maximum Gasteiger partial charge on any atom is 0.471 e. The molecule has 160 valence electrons. The van der Waals surface area contributed by atoms with Crippen LogP contribution in [0.1, 0.15) is 15.9 Å². The van der Waals surface area contributed by atoms with Crippen LogP contribution in [-0.2, 0) is 4.79 Å². The first-order chi connectivity index (χ1) is 14.6. The minimum absolute atomic E-state index is 0.158. The molecule has 3 rings (SSSR count). The maximum atomic E-state index is 13.5. The number of halogens is 5. The Labute approximate surface area is 185 Å². The molecular formula is C21H14Cl2F3N3O2. The Hall–Kier alpha value is -3.10. The molecule has 0 aliphatic rings. The van der Waals surface area contributed by atoms with Crippen molar-refractivity contribution in [3.05, 3.63) is 82.0 Å². The van der Waals surface area contributed by atoms with E-state index in [-0.39, 0.29) is 17.1 Å². The number of carbonyl (C=O) groups is 2. The molecule has 0 saturated carbocycles. The number of nitrogens with one attached hydrogen (secondary N) is 1. The van der Waals surface area contributed by atoms with Crippen molar-refractivity contribution in [1.82, 2.24) is 4.98 Å². The summed E-state index contributed by atoms with van der Waals surface area (Å²) in [5.74, 6) is -2.73. The normalized spacial score (nSPS) is 11.2. The van der Waals surface area contributed by atoms with E-state index in [1.807, 2.05) is 0 Å². The Morgan fingerprint density at radius 2 is 1.61 bits per heavy atom. The summed E-state index contributed by atoms with van der Waals surface area (Å²) < 4.78 is 38.4. The zero-order chi connectivity index (χ0) is 22.8. The standard InChI is InChI=1S/C21H14Cl2F3N3O2/c1-12-2-8-16(17(10-12)28-20(31)21(24,25)26)19(30)29(15-6-3-13(22)4-7-15)18-9-5-14(23)11-27-18/h2-11H,1H3,(H,28,31). The van der Waals surface area contributed by atoms with Crippen LogP contribution >= 0.6 is 23.2 Å². The van der Waals surface area contributed by atoms with Crippen molar-refractivity contribution in [3.63, 3.8) is 0 Å². The number of aryl methyl sites for hydroxylation is 1. The van der Waals surface area contributed by atoms with Crippen molar-refractivity contribution in [2.45, 2.75) is 13.1 Å². The highest BCUT2D eigenvalue weighted by Crippen LogP contribution is 2.31. The summed E-state index contributed by atoms with van der Waals surface area (Å²) in [6.45, 7) is 1.62. The molecule has 0 unspecified atom stereocenters. The number of hydrogen-bond donors (Lipinski definition) is 1. The van der Waals surface area contributed by atoms with Crippen LogP contribution in [0, 0.1) is 6.92 Å². The number of rotatable bonds is 4. The van der Waals surface area contributed by atoms with Crippen molar-refractivity contribution >= 4 is 52.2 Å². The first-order valence-electron chi connectivity index (χ1n) is 8.76. The van der Waals surface area contributed by atoms with E-state index in [9.17, 15) is 22.8 Å². The van der Waals surface area contributed by atoms with Crippen molar-refractivity contribution < 1.29 is 22.8 Å². The smallest absolute Gasteiger partial charge is 0.317 e. The fourth-order valence-electron chi connectivity index (χ4n) is 2.71. The van der Waals surface area contributed by atoms with Crippen molar-refractivity contribution in [2.75, 3.05) is 10.2 Å². The number of nitrogens with zero attached hydrogens (tertiary/aromatic N) is 2. The quantitative estimate of drug-likeness (QED) is 0.498. The first kappa shape index (κ1) is 22.6. The summed E-state index contributed by atoms with van der Waals surface area (Å²) in [4.78, 5) is 30.3. The van der Waals surface area contributed by atoms with Gasteiger partial charge in [0.25, 0.3) is 5.91 Å². The van der Waals surface area contributed by atoms with Crippen LogP contribution in [0.4, 0.5) is 30.4 Å². The van der Waals surface area contributed by atoms with Crippen molar-refractivity contribution in [1.29, 1.82) is 0 Å². The Kier molecular flexibility index (Phi) is 6.52. The van der Waals surface area contributed by atoms with Crippen LogP contribution in [0.25, 0.3) is 0 Å². The maximum absolute atomic E-state index is 13.5. The fraction of sp³-hybridized carbons (Fsp3) is 0.0952. The number of pyridine rings is 1. The molecule has 0 aliphatic carbocycles. The number of amides is 2. The Bertz CT molecular complexity index is 1070. The van der Waals surface area contributed by atoms with Gasteiger partial charge < -0.3 is 5.32 Å². The summed E-state index contributed by atoms with van der Waals surface area (Å²) in [5, 5.41) is 2.53. The zero-order valence-electron chi connectivity index (χ0n) is 15.9. The molecule has 2 aromatic carbocycles. The monoisotopic (exact) mass is 467 g/mol. The molecule has 1 heterocycles. The van der Waals surface area contributed by atoms with E-state index in [2.05, 4.69) is 4.98 Å². The van der Waals surface area contributed by atoms with Crippen LogP contribution in [-0.4, -0.2) is 23.0 Å². The van der Waals surface area contributed by atoms with E-state index in [1.165, 1.54) is 35.4 Å². The van der Waals surface area contributed by atoms with Gasteiger partial charge in [0, 0.05) is 11.2 Å². The van der Waals surface area contributed by atoms with Crippen molar-refractivity contribution in [2.24, 2.45) is 0 Å². The number of aromatic nitrogens is 1. The first-order valence-corrected chi connectivity index (χ1v) is 9.52. The second-order valence-electron chi connectivity index (χ2n) is 6.45. The second-order valence-corrected chi connectivity index (χ2v) is 7.33. The van der Waals surface area contributed by atoms with Gasteiger partial charge in [-0.3, -0.25) is 14.5 Å².